The number of benzene rings is 1. The van der Waals surface area contributed by atoms with Gasteiger partial charge in [0.25, 0.3) is 0 Å². The molecule has 0 spiro atoms. The van der Waals surface area contributed by atoms with Gasteiger partial charge in [0.15, 0.2) is 0 Å². The van der Waals surface area contributed by atoms with Gasteiger partial charge in [-0.25, -0.2) is 0 Å². The SMILES string of the molecule is CCC(C)CNc1snc2ccccc12. The van der Waals surface area contributed by atoms with Crippen LogP contribution in [-0.2, 0) is 0 Å². The lowest BCUT2D eigenvalue weighted by atomic mass is 10.1. The number of fused-ring (bicyclic) bond motifs is 1. The first-order chi connectivity index (χ1) is 7.31. The van der Waals surface area contributed by atoms with E-state index in [9.17, 15) is 0 Å². The maximum absolute atomic E-state index is 4.40. The summed E-state index contributed by atoms with van der Waals surface area (Å²) in [6, 6.07) is 8.27. The number of nitrogens with one attached hydrogen (secondary N) is 1. The Labute approximate surface area is 94.5 Å². The van der Waals surface area contributed by atoms with Gasteiger partial charge in [-0.2, -0.15) is 4.37 Å². The van der Waals surface area contributed by atoms with Crippen LogP contribution in [0.4, 0.5) is 5.00 Å². The lowest BCUT2D eigenvalue weighted by Crippen LogP contribution is -2.09. The first-order valence-corrected chi connectivity index (χ1v) is 6.17. The molecule has 1 heterocycles. The molecule has 1 unspecified atom stereocenters. The fourth-order valence-corrected chi connectivity index (χ4v) is 2.20. The second-order valence-electron chi connectivity index (χ2n) is 3.92. The van der Waals surface area contributed by atoms with E-state index in [1.54, 1.807) is 11.5 Å². The van der Waals surface area contributed by atoms with Crippen LogP contribution in [-0.4, -0.2) is 10.9 Å². The third-order valence-electron chi connectivity index (χ3n) is 2.69. The van der Waals surface area contributed by atoms with Gasteiger partial charge < -0.3 is 5.32 Å². The molecule has 15 heavy (non-hydrogen) atoms. The van der Waals surface area contributed by atoms with E-state index in [1.165, 1.54) is 16.8 Å². The van der Waals surface area contributed by atoms with Crippen molar-refractivity contribution < 1.29 is 0 Å². The third-order valence-corrected chi connectivity index (χ3v) is 3.53. The van der Waals surface area contributed by atoms with E-state index in [2.05, 4.69) is 41.7 Å². The van der Waals surface area contributed by atoms with Gasteiger partial charge in [0.05, 0.1) is 5.52 Å². The fourth-order valence-electron chi connectivity index (χ4n) is 1.43. The molecule has 1 atom stereocenters. The van der Waals surface area contributed by atoms with Gasteiger partial charge in [-0.05, 0) is 29.6 Å². The molecule has 2 aromatic rings. The molecule has 0 bridgehead atoms. The van der Waals surface area contributed by atoms with Gasteiger partial charge in [-0.15, -0.1) is 0 Å². The Hall–Kier alpha value is -1.09. The second-order valence-corrected chi connectivity index (χ2v) is 4.70. The summed E-state index contributed by atoms with van der Waals surface area (Å²) in [7, 11) is 0. The minimum Gasteiger partial charge on any atom is -0.375 e. The Bertz CT molecular complexity index is 436. The Kier molecular flexibility index (Phi) is 3.21. The molecular formula is C12H16N2S. The van der Waals surface area contributed by atoms with E-state index < -0.39 is 0 Å². The van der Waals surface area contributed by atoms with Crippen molar-refractivity contribution in [2.45, 2.75) is 20.3 Å². The predicted molar refractivity (Wildman–Crippen MR) is 67.6 cm³/mol. The van der Waals surface area contributed by atoms with Gasteiger partial charge in [0.2, 0.25) is 0 Å². The van der Waals surface area contributed by atoms with Crippen LogP contribution < -0.4 is 5.32 Å². The van der Waals surface area contributed by atoms with Crippen LogP contribution in [0.25, 0.3) is 10.9 Å². The molecule has 2 rings (SSSR count). The summed E-state index contributed by atoms with van der Waals surface area (Å²) in [4.78, 5) is 0. The lowest BCUT2D eigenvalue weighted by molar-refractivity contribution is 0.594. The molecule has 0 saturated heterocycles. The van der Waals surface area contributed by atoms with Crippen LogP contribution in [0.2, 0.25) is 0 Å². The zero-order valence-electron chi connectivity index (χ0n) is 9.16. The van der Waals surface area contributed by atoms with Crippen LogP contribution in [0.15, 0.2) is 24.3 Å². The van der Waals surface area contributed by atoms with Crippen molar-refractivity contribution in [3.63, 3.8) is 0 Å². The zero-order valence-corrected chi connectivity index (χ0v) is 9.97. The quantitative estimate of drug-likeness (QED) is 0.848. The monoisotopic (exact) mass is 220 g/mol. The molecule has 0 aliphatic carbocycles. The summed E-state index contributed by atoms with van der Waals surface area (Å²) in [5.41, 5.74) is 1.09. The van der Waals surface area contributed by atoms with Crippen molar-refractivity contribution in [2.75, 3.05) is 11.9 Å². The molecule has 0 fully saturated rings. The summed E-state index contributed by atoms with van der Waals surface area (Å²) in [6.45, 7) is 5.51. The molecule has 0 aliphatic rings. The summed E-state index contributed by atoms with van der Waals surface area (Å²) < 4.78 is 4.40. The molecule has 1 N–H and O–H groups in total. The van der Waals surface area contributed by atoms with Gasteiger partial charge >= 0.3 is 0 Å². The number of hydrogen-bond donors (Lipinski definition) is 1. The van der Waals surface area contributed by atoms with Crippen molar-refractivity contribution in [2.24, 2.45) is 5.92 Å². The van der Waals surface area contributed by atoms with Crippen molar-refractivity contribution in [1.29, 1.82) is 0 Å². The van der Waals surface area contributed by atoms with Crippen molar-refractivity contribution >= 4 is 27.4 Å². The summed E-state index contributed by atoms with van der Waals surface area (Å²) in [5.74, 6) is 0.714. The average Bonchev–Trinajstić information content (AvgIpc) is 2.69. The fraction of sp³-hybridized carbons (Fsp3) is 0.417. The second kappa shape index (κ2) is 4.62. The molecular weight excluding hydrogens is 204 g/mol. The molecule has 0 saturated carbocycles. The molecule has 0 amide bonds. The van der Waals surface area contributed by atoms with E-state index in [0.29, 0.717) is 5.92 Å². The van der Waals surface area contributed by atoms with Crippen LogP contribution in [0.1, 0.15) is 20.3 Å². The topological polar surface area (TPSA) is 24.9 Å². The Morgan fingerprint density at radius 1 is 1.40 bits per heavy atom. The van der Waals surface area contributed by atoms with Crippen molar-refractivity contribution in [1.82, 2.24) is 4.37 Å². The van der Waals surface area contributed by atoms with E-state index in [1.807, 2.05) is 6.07 Å². The van der Waals surface area contributed by atoms with Gasteiger partial charge in [0.1, 0.15) is 5.00 Å². The van der Waals surface area contributed by atoms with E-state index in [-0.39, 0.29) is 0 Å². The molecule has 2 nitrogen and oxygen atoms in total. The van der Waals surface area contributed by atoms with Gasteiger partial charge in [-0.1, -0.05) is 32.4 Å². The predicted octanol–water partition coefficient (Wildman–Crippen LogP) is 3.75. The summed E-state index contributed by atoms with van der Waals surface area (Å²) in [5, 5.41) is 5.92. The highest BCUT2D eigenvalue weighted by Gasteiger charge is 2.05. The highest BCUT2D eigenvalue weighted by molar-refractivity contribution is 7.11. The first-order valence-electron chi connectivity index (χ1n) is 5.39. The zero-order chi connectivity index (χ0) is 10.7. The molecule has 3 heteroatoms. The van der Waals surface area contributed by atoms with Crippen LogP contribution in [0, 0.1) is 5.92 Å². The normalized spacial score (nSPS) is 12.9. The minimum absolute atomic E-state index is 0.714. The number of rotatable bonds is 4. The number of aromatic nitrogens is 1. The molecule has 0 radical (unpaired) electrons. The highest BCUT2D eigenvalue weighted by atomic mass is 32.1. The maximum atomic E-state index is 4.40. The average molecular weight is 220 g/mol. The Morgan fingerprint density at radius 2 is 2.20 bits per heavy atom. The number of anilines is 1. The van der Waals surface area contributed by atoms with Crippen molar-refractivity contribution in [3.05, 3.63) is 24.3 Å². The molecule has 1 aromatic heterocycles. The van der Waals surface area contributed by atoms with Crippen molar-refractivity contribution in [3.8, 4) is 0 Å². The van der Waals surface area contributed by atoms with Crippen LogP contribution >= 0.6 is 11.5 Å². The summed E-state index contributed by atoms with van der Waals surface area (Å²) >= 11 is 1.55. The standard InChI is InChI=1S/C12H16N2S/c1-3-9(2)8-13-12-10-6-4-5-7-11(10)14-15-12/h4-7,9,13H,3,8H2,1-2H3. The molecule has 0 aliphatic heterocycles. The highest BCUT2D eigenvalue weighted by Crippen LogP contribution is 2.27. The first kappa shape index (κ1) is 10.4. The van der Waals surface area contributed by atoms with Gasteiger partial charge in [-0.3, -0.25) is 0 Å². The Morgan fingerprint density at radius 3 is 3.00 bits per heavy atom. The number of nitrogens with zero attached hydrogens (tertiary/aromatic N) is 1. The summed E-state index contributed by atoms with van der Waals surface area (Å²) in [6.07, 6.45) is 1.21. The van der Waals surface area contributed by atoms with E-state index >= 15 is 0 Å². The maximum Gasteiger partial charge on any atom is 0.117 e. The minimum atomic E-state index is 0.714. The smallest absolute Gasteiger partial charge is 0.117 e. The van der Waals surface area contributed by atoms with Crippen LogP contribution in [0.5, 0.6) is 0 Å². The van der Waals surface area contributed by atoms with E-state index in [4.69, 9.17) is 0 Å². The lowest BCUT2D eigenvalue weighted by Gasteiger charge is -2.09. The third kappa shape index (κ3) is 2.29. The molecule has 80 valence electrons. The Balaban J connectivity index is 2.14. The number of hydrogen-bond acceptors (Lipinski definition) is 3. The van der Waals surface area contributed by atoms with E-state index in [0.717, 1.165) is 12.1 Å². The van der Waals surface area contributed by atoms with Gasteiger partial charge in [0, 0.05) is 11.9 Å². The molecule has 1 aromatic carbocycles. The largest absolute Gasteiger partial charge is 0.375 e. The van der Waals surface area contributed by atoms with Crippen LogP contribution in [0.3, 0.4) is 0 Å².